The van der Waals surface area contributed by atoms with Crippen molar-refractivity contribution in [2.45, 2.75) is 26.6 Å². The van der Waals surface area contributed by atoms with Crippen molar-refractivity contribution in [1.29, 1.82) is 0 Å². The smallest absolute Gasteiger partial charge is 0.339 e. The van der Waals surface area contributed by atoms with Crippen molar-refractivity contribution in [1.82, 2.24) is 5.32 Å². The van der Waals surface area contributed by atoms with Crippen molar-refractivity contribution >= 4 is 23.7 Å². The van der Waals surface area contributed by atoms with Crippen molar-refractivity contribution in [3.8, 4) is 17.2 Å². The highest BCUT2D eigenvalue weighted by atomic mass is 16.5. The number of hydrogen-bond donors (Lipinski definition) is 2. The van der Waals surface area contributed by atoms with Gasteiger partial charge in [0.2, 0.25) is 0 Å². The molecule has 32 heavy (non-hydrogen) atoms. The molecule has 0 aliphatic rings. The van der Waals surface area contributed by atoms with Gasteiger partial charge in [-0.15, -0.1) is 0 Å². The normalized spacial score (nSPS) is 11.1. The van der Waals surface area contributed by atoms with E-state index in [0.29, 0.717) is 22.6 Å². The van der Waals surface area contributed by atoms with Gasteiger partial charge in [0.15, 0.2) is 23.4 Å². The number of nitrogens with one attached hydrogen (secondary N) is 1. The summed E-state index contributed by atoms with van der Waals surface area (Å²) in [6.45, 7) is 2.88. The number of benzene rings is 2. The fraction of sp³-hybridized carbons (Fsp3) is 0.273. The third-order valence-electron chi connectivity index (χ3n) is 4.38. The largest absolute Gasteiger partial charge is 0.496 e. The Morgan fingerprint density at radius 2 is 1.56 bits per heavy atom. The Morgan fingerprint density at radius 1 is 0.938 bits per heavy atom. The Morgan fingerprint density at radius 3 is 2.16 bits per heavy atom. The number of urea groups is 1. The average Bonchev–Trinajstić information content (AvgIpc) is 2.76. The van der Waals surface area contributed by atoms with Gasteiger partial charge >= 0.3 is 12.0 Å². The summed E-state index contributed by atoms with van der Waals surface area (Å²) < 4.78 is 21.4. The molecule has 0 saturated carbocycles. The molecule has 2 aromatic rings. The maximum absolute atomic E-state index is 12.3. The van der Waals surface area contributed by atoms with E-state index in [-0.39, 0.29) is 23.7 Å². The van der Waals surface area contributed by atoms with Crippen molar-refractivity contribution in [2.75, 3.05) is 14.2 Å². The van der Waals surface area contributed by atoms with Crippen LogP contribution in [0, 0.1) is 0 Å². The second-order valence-electron chi connectivity index (χ2n) is 6.64. The minimum Gasteiger partial charge on any atom is -0.496 e. The lowest BCUT2D eigenvalue weighted by atomic mass is 10.1. The predicted molar refractivity (Wildman–Crippen MR) is 113 cm³/mol. The van der Waals surface area contributed by atoms with E-state index in [2.05, 4.69) is 0 Å². The van der Waals surface area contributed by atoms with Gasteiger partial charge < -0.3 is 24.7 Å². The summed E-state index contributed by atoms with van der Waals surface area (Å²) in [4.78, 5) is 46.3. The lowest BCUT2D eigenvalue weighted by Crippen LogP contribution is -2.42. The van der Waals surface area contributed by atoms with Crippen LogP contribution in [0.3, 0.4) is 0 Å². The Kier molecular flexibility index (Phi) is 8.17. The van der Waals surface area contributed by atoms with Gasteiger partial charge in [0.1, 0.15) is 12.4 Å². The van der Waals surface area contributed by atoms with E-state index in [0.717, 1.165) is 0 Å². The molecule has 0 spiro atoms. The second-order valence-corrected chi connectivity index (χ2v) is 6.64. The van der Waals surface area contributed by atoms with Gasteiger partial charge in [-0.2, -0.15) is 0 Å². The zero-order chi connectivity index (χ0) is 23.8. The van der Waals surface area contributed by atoms with Crippen LogP contribution in [0.5, 0.6) is 17.2 Å². The summed E-state index contributed by atoms with van der Waals surface area (Å²) in [5, 5.41) is 1.83. The van der Waals surface area contributed by atoms with E-state index in [4.69, 9.17) is 24.7 Å². The molecule has 0 radical (unpaired) electrons. The zero-order valence-corrected chi connectivity index (χ0v) is 18.1. The first-order valence-corrected chi connectivity index (χ1v) is 9.46. The molecule has 2 aromatic carbocycles. The number of primary amides is 1. The quantitative estimate of drug-likeness (QED) is 0.443. The minimum atomic E-state index is -1.23. The van der Waals surface area contributed by atoms with Gasteiger partial charge in [0.25, 0.3) is 5.91 Å². The molecular formula is C22H24N2O8. The molecule has 3 N–H and O–H groups in total. The van der Waals surface area contributed by atoms with Crippen LogP contribution in [0.1, 0.15) is 40.1 Å². The number of imide groups is 1. The molecule has 0 aromatic heterocycles. The number of nitrogens with two attached hydrogens (primary N) is 1. The van der Waals surface area contributed by atoms with Crippen LogP contribution in [-0.4, -0.2) is 44.0 Å². The molecule has 2 rings (SSSR count). The van der Waals surface area contributed by atoms with Gasteiger partial charge in [0, 0.05) is 11.1 Å². The van der Waals surface area contributed by atoms with Crippen molar-refractivity contribution < 1.29 is 38.1 Å². The molecule has 170 valence electrons. The minimum absolute atomic E-state index is 0.0821. The molecule has 0 aliphatic carbocycles. The Balaban J connectivity index is 2.12. The number of Topliss-reactive ketones (excluding diaryl/α,β-unsaturated/α-hetero) is 1. The molecule has 3 amide bonds. The molecule has 0 unspecified atom stereocenters. The van der Waals surface area contributed by atoms with Crippen molar-refractivity contribution in [3.63, 3.8) is 0 Å². The molecule has 0 aliphatic heterocycles. The van der Waals surface area contributed by atoms with Gasteiger partial charge in [-0.25, -0.2) is 9.59 Å². The number of amides is 3. The number of ketones is 1. The SMILES string of the molecule is COc1cc(C(C)=O)ccc1COc1ccc(C(=O)O[C@@H](C)C(=O)NC(N)=O)cc1OC. The number of ether oxygens (including phenoxy) is 4. The van der Waals surface area contributed by atoms with Gasteiger partial charge in [-0.05, 0) is 38.1 Å². The van der Waals surface area contributed by atoms with Crippen LogP contribution in [0.15, 0.2) is 36.4 Å². The van der Waals surface area contributed by atoms with E-state index < -0.39 is 24.0 Å². The highest BCUT2D eigenvalue weighted by molar-refractivity contribution is 5.98. The molecule has 10 nitrogen and oxygen atoms in total. The van der Waals surface area contributed by atoms with E-state index in [1.807, 2.05) is 5.32 Å². The van der Waals surface area contributed by atoms with Crippen LogP contribution in [0.2, 0.25) is 0 Å². The summed E-state index contributed by atoms with van der Waals surface area (Å²) >= 11 is 0. The van der Waals surface area contributed by atoms with Crippen molar-refractivity contribution in [3.05, 3.63) is 53.1 Å². The first kappa shape index (κ1) is 24.2. The third-order valence-corrected chi connectivity index (χ3v) is 4.38. The first-order chi connectivity index (χ1) is 15.2. The molecule has 0 bridgehead atoms. The van der Waals surface area contributed by atoms with Crippen LogP contribution in [-0.2, 0) is 16.1 Å². The summed E-state index contributed by atoms with van der Waals surface area (Å²) in [5.74, 6) is -0.623. The molecule has 0 fully saturated rings. The maximum Gasteiger partial charge on any atom is 0.339 e. The highest BCUT2D eigenvalue weighted by Gasteiger charge is 2.21. The van der Waals surface area contributed by atoms with E-state index in [1.54, 1.807) is 18.2 Å². The zero-order valence-electron chi connectivity index (χ0n) is 18.1. The highest BCUT2D eigenvalue weighted by Crippen LogP contribution is 2.30. The molecule has 1 atom stereocenters. The van der Waals surface area contributed by atoms with E-state index in [1.165, 1.54) is 46.3 Å². The van der Waals surface area contributed by atoms with Crippen LogP contribution >= 0.6 is 0 Å². The topological polar surface area (TPSA) is 143 Å². The van der Waals surface area contributed by atoms with E-state index in [9.17, 15) is 19.2 Å². The van der Waals surface area contributed by atoms with Crippen LogP contribution in [0.25, 0.3) is 0 Å². The summed E-state index contributed by atoms with van der Waals surface area (Å²) in [7, 11) is 2.90. The maximum atomic E-state index is 12.3. The number of carbonyl (C=O) groups excluding carboxylic acids is 4. The lowest BCUT2D eigenvalue weighted by Gasteiger charge is -2.15. The third kappa shape index (κ3) is 6.21. The van der Waals surface area contributed by atoms with Crippen molar-refractivity contribution in [2.24, 2.45) is 5.73 Å². The van der Waals surface area contributed by atoms with Gasteiger partial charge in [-0.1, -0.05) is 12.1 Å². The fourth-order valence-corrected chi connectivity index (χ4v) is 2.66. The first-order valence-electron chi connectivity index (χ1n) is 9.46. The molecule has 0 saturated heterocycles. The van der Waals surface area contributed by atoms with Crippen LogP contribution in [0.4, 0.5) is 4.79 Å². The second kappa shape index (κ2) is 10.8. The summed E-state index contributed by atoms with van der Waals surface area (Å²) in [5.41, 5.74) is 6.20. The average molecular weight is 444 g/mol. The number of rotatable bonds is 9. The summed E-state index contributed by atoms with van der Waals surface area (Å²) in [6.07, 6.45) is -1.23. The Bertz CT molecular complexity index is 1030. The number of hydrogen-bond acceptors (Lipinski definition) is 8. The number of methoxy groups -OCH3 is 2. The number of carbonyl (C=O) groups is 4. The monoisotopic (exact) mass is 444 g/mol. The Hall–Kier alpha value is -4.08. The number of esters is 1. The standard InChI is InChI=1S/C22H24N2O8/c1-12(25)14-5-6-16(18(9-14)29-3)11-31-17-8-7-15(10-19(17)30-4)21(27)32-13(2)20(26)24-22(23)28/h5-10,13H,11H2,1-4H3,(H3,23,24,26,28)/t13-/m0/s1. The van der Waals surface area contributed by atoms with Crippen LogP contribution < -0.4 is 25.3 Å². The summed E-state index contributed by atoms with van der Waals surface area (Å²) in [6, 6.07) is 8.34. The Labute approximate surface area is 184 Å². The molecule has 0 heterocycles. The predicted octanol–water partition coefficient (Wildman–Crippen LogP) is 2.23. The van der Waals surface area contributed by atoms with Gasteiger partial charge in [0.05, 0.1) is 19.8 Å². The molecular weight excluding hydrogens is 420 g/mol. The van der Waals surface area contributed by atoms with Gasteiger partial charge in [-0.3, -0.25) is 14.9 Å². The molecule has 10 heteroatoms. The van der Waals surface area contributed by atoms with E-state index >= 15 is 0 Å². The lowest BCUT2D eigenvalue weighted by molar-refractivity contribution is -0.127. The fourth-order valence-electron chi connectivity index (χ4n) is 2.66.